The third-order valence-corrected chi connectivity index (χ3v) is 8.75. The number of hydrogen-bond acceptors (Lipinski definition) is 2. The van der Waals surface area contributed by atoms with Crippen molar-refractivity contribution in [3.8, 4) is 5.75 Å². The lowest BCUT2D eigenvalue weighted by atomic mass is 9.68. The van der Waals surface area contributed by atoms with Gasteiger partial charge in [0.15, 0.2) is 23.2 Å². The molecular formula is C30H41F3O2. The first-order valence-corrected chi connectivity index (χ1v) is 13.8. The lowest BCUT2D eigenvalue weighted by molar-refractivity contribution is 0.0985. The average molecular weight is 491 g/mol. The van der Waals surface area contributed by atoms with Crippen molar-refractivity contribution in [2.45, 2.75) is 97.0 Å². The summed E-state index contributed by atoms with van der Waals surface area (Å²) in [7, 11) is 0. The molecule has 4 rings (SSSR count). The van der Waals surface area contributed by atoms with Gasteiger partial charge in [0.2, 0.25) is 0 Å². The van der Waals surface area contributed by atoms with E-state index >= 15 is 0 Å². The van der Waals surface area contributed by atoms with Gasteiger partial charge < -0.3 is 9.84 Å². The highest BCUT2D eigenvalue weighted by molar-refractivity contribution is 5.86. The standard InChI is InChI=1S/C30H41F3O2/c1-3-5-6-19-7-11-21(12-8-19)22-13-9-20(10-14-22)17-25(34)24-18-23-15-16-26(35-4-2)29(32)27(23)30(33)28(24)31/h15-16,18-22,25,34H,3-14,17H2,1-2H3. The van der Waals surface area contributed by atoms with Crippen LogP contribution in [0.3, 0.4) is 0 Å². The second kappa shape index (κ2) is 12.0. The van der Waals surface area contributed by atoms with Gasteiger partial charge >= 0.3 is 0 Å². The Kier molecular flexibility index (Phi) is 9.02. The SMILES string of the molecule is CCCCC1CCC(C2CCC(CC(O)c3cc4ccc(OCC)c(F)c4c(F)c3F)CC2)CC1. The number of rotatable bonds is 9. The van der Waals surface area contributed by atoms with Gasteiger partial charge in [-0.15, -0.1) is 0 Å². The Morgan fingerprint density at radius 2 is 1.49 bits per heavy atom. The molecule has 2 aliphatic rings. The van der Waals surface area contributed by atoms with Gasteiger partial charge in [0, 0.05) is 5.56 Å². The van der Waals surface area contributed by atoms with Crippen LogP contribution in [0.2, 0.25) is 0 Å². The number of aliphatic hydroxyl groups excluding tert-OH is 1. The molecule has 2 aliphatic carbocycles. The van der Waals surface area contributed by atoms with Crippen molar-refractivity contribution >= 4 is 10.8 Å². The maximum Gasteiger partial charge on any atom is 0.175 e. The van der Waals surface area contributed by atoms with Crippen molar-refractivity contribution in [3.63, 3.8) is 0 Å². The molecule has 0 aromatic heterocycles. The molecule has 2 fully saturated rings. The molecule has 0 amide bonds. The summed E-state index contributed by atoms with van der Waals surface area (Å²) in [4.78, 5) is 0. The van der Waals surface area contributed by atoms with Crippen molar-refractivity contribution in [2.24, 2.45) is 23.7 Å². The zero-order valence-corrected chi connectivity index (χ0v) is 21.3. The Morgan fingerprint density at radius 1 is 0.857 bits per heavy atom. The molecule has 2 aromatic rings. The fraction of sp³-hybridized carbons (Fsp3) is 0.667. The van der Waals surface area contributed by atoms with Crippen molar-refractivity contribution in [3.05, 3.63) is 41.2 Å². The highest BCUT2D eigenvalue weighted by Gasteiger charge is 2.32. The Bertz CT molecular complexity index is 975. The molecule has 0 bridgehead atoms. The molecular weight excluding hydrogens is 449 g/mol. The molecule has 2 nitrogen and oxygen atoms in total. The molecule has 1 N–H and O–H groups in total. The molecule has 0 aliphatic heterocycles. The van der Waals surface area contributed by atoms with Gasteiger partial charge in [-0.3, -0.25) is 0 Å². The number of hydrogen-bond donors (Lipinski definition) is 1. The van der Waals surface area contributed by atoms with Crippen molar-refractivity contribution in [2.75, 3.05) is 6.61 Å². The van der Waals surface area contributed by atoms with Gasteiger partial charge in [-0.2, -0.15) is 0 Å². The fourth-order valence-electron chi connectivity index (χ4n) is 6.67. The number of unbranched alkanes of at least 4 members (excludes halogenated alkanes) is 1. The minimum atomic E-state index is -1.26. The molecule has 2 saturated carbocycles. The van der Waals surface area contributed by atoms with Crippen LogP contribution in [0.4, 0.5) is 13.2 Å². The maximum absolute atomic E-state index is 14.9. The Morgan fingerprint density at radius 3 is 2.09 bits per heavy atom. The second-order valence-electron chi connectivity index (χ2n) is 11.0. The van der Waals surface area contributed by atoms with E-state index in [1.165, 1.54) is 76.0 Å². The Hall–Kier alpha value is -1.75. The van der Waals surface area contributed by atoms with Crippen LogP contribution < -0.4 is 4.74 Å². The molecule has 0 spiro atoms. The molecule has 1 unspecified atom stereocenters. The molecule has 1 atom stereocenters. The van der Waals surface area contributed by atoms with Crippen LogP contribution in [-0.4, -0.2) is 11.7 Å². The van der Waals surface area contributed by atoms with E-state index < -0.39 is 28.9 Å². The van der Waals surface area contributed by atoms with E-state index in [2.05, 4.69) is 6.92 Å². The van der Waals surface area contributed by atoms with Crippen LogP contribution in [0.25, 0.3) is 10.8 Å². The predicted octanol–water partition coefficient (Wildman–Crippen LogP) is 8.88. The second-order valence-corrected chi connectivity index (χ2v) is 11.0. The van der Waals surface area contributed by atoms with Crippen LogP contribution in [0.15, 0.2) is 18.2 Å². The highest BCUT2D eigenvalue weighted by Crippen LogP contribution is 2.44. The summed E-state index contributed by atoms with van der Waals surface area (Å²) in [6.07, 6.45) is 13.2. The molecule has 194 valence electrons. The minimum absolute atomic E-state index is 0.0777. The quantitative estimate of drug-likeness (QED) is 0.380. The van der Waals surface area contributed by atoms with Crippen LogP contribution in [-0.2, 0) is 0 Å². The molecule has 35 heavy (non-hydrogen) atoms. The summed E-state index contributed by atoms with van der Waals surface area (Å²) in [5, 5.41) is 10.6. The molecule has 0 heterocycles. The molecule has 0 saturated heterocycles. The van der Waals surface area contributed by atoms with Crippen LogP contribution in [0.5, 0.6) is 5.75 Å². The van der Waals surface area contributed by atoms with Crippen molar-refractivity contribution in [1.82, 2.24) is 0 Å². The maximum atomic E-state index is 14.9. The third-order valence-electron chi connectivity index (χ3n) is 8.75. The van der Waals surface area contributed by atoms with Gasteiger partial charge in [-0.25, -0.2) is 13.2 Å². The number of fused-ring (bicyclic) bond motifs is 1. The normalized spacial score (nSPS) is 26.1. The summed E-state index contributed by atoms with van der Waals surface area (Å²) in [5.41, 5.74) is -0.0777. The molecule has 0 radical (unpaired) electrons. The molecule has 2 aromatic carbocycles. The van der Waals surface area contributed by atoms with Gasteiger partial charge in [0.05, 0.1) is 18.1 Å². The Labute approximate surface area is 208 Å². The van der Waals surface area contributed by atoms with Gasteiger partial charge in [-0.1, -0.05) is 57.9 Å². The van der Waals surface area contributed by atoms with Crippen molar-refractivity contribution in [1.29, 1.82) is 0 Å². The first-order valence-electron chi connectivity index (χ1n) is 13.8. The fourth-order valence-corrected chi connectivity index (χ4v) is 6.67. The van der Waals surface area contributed by atoms with E-state index in [-0.39, 0.29) is 23.3 Å². The summed E-state index contributed by atoms with van der Waals surface area (Å²) in [6, 6.07) is 4.33. The zero-order valence-electron chi connectivity index (χ0n) is 21.3. The van der Waals surface area contributed by atoms with E-state index in [9.17, 15) is 18.3 Å². The summed E-state index contributed by atoms with van der Waals surface area (Å²) in [6.45, 7) is 4.20. The predicted molar refractivity (Wildman–Crippen MR) is 135 cm³/mol. The monoisotopic (exact) mass is 490 g/mol. The topological polar surface area (TPSA) is 29.5 Å². The largest absolute Gasteiger partial charge is 0.491 e. The van der Waals surface area contributed by atoms with E-state index in [1.54, 1.807) is 6.92 Å². The lowest BCUT2D eigenvalue weighted by Crippen LogP contribution is -2.26. The van der Waals surface area contributed by atoms with Crippen LogP contribution >= 0.6 is 0 Å². The first-order chi connectivity index (χ1) is 16.9. The number of ether oxygens (including phenoxy) is 1. The van der Waals surface area contributed by atoms with Crippen LogP contribution in [0.1, 0.15) is 103 Å². The third kappa shape index (κ3) is 5.98. The number of halogens is 3. The zero-order chi connectivity index (χ0) is 24.9. The van der Waals surface area contributed by atoms with E-state index in [1.807, 2.05) is 0 Å². The van der Waals surface area contributed by atoms with E-state index in [0.29, 0.717) is 12.3 Å². The lowest BCUT2D eigenvalue weighted by Gasteiger charge is -2.38. The first kappa shape index (κ1) is 26.3. The number of benzene rings is 2. The summed E-state index contributed by atoms with van der Waals surface area (Å²) in [5.74, 6) is -0.584. The van der Waals surface area contributed by atoms with E-state index in [4.69, 9.17) is 4.74 Å². The van der Waals surface area contributed by atoms with Crippen LogP contribution in [0, 0.1) is 41.1 Å². The van der Waals surface area contributed by atoms with E-state index in [0.717, 1.165) is 30.6 Å². The summed E-state index contributed by atoms with van der Waals surface area (Å²) < 4.78 is 49.6. The minimum Gasteiger partial charge on any atom is -0.491 e. The van der Waals surface area contributed by atoms with Gasteiger partial charge in [0.1, 0.15) is 0 Å². The average Bonchev–Trinajstić information content (AvgIpc) is 2.87. The van der Waals surface area contributed by atoms with Crippen molar-refractivity contribution < 1.29 is 23.0 Å². The van der Waals surface area contributed by atoms with Gasteiger partial charge in [-0.05, 0) is 80.2 Å². The number of aliphatic hydroxyl groups is 1. The Balaban J connectivity index is 1.35. The highest BCUT2D eigenvalue weighted by atomic mass is 19.2. The smallest absolute Gasteiger partial charge is 0.175 e. The van der Waals surface area contributed by atoms with Gasteiger partial charge in [0.25, 0.3) is 0 Å². The molecule has 5 heteroatoms. The summed E-state index contributed by atoms with van der Waals surface area (Å²) >= 11 is 0.